The fourth-order valence-electron chi connectivity index (χ4n) is 2.97. The molecule has 0 bridgehead atoms. The highest BCUT2D eigenvalue weighted by atomic mass is 16.6. The van der Waals surface area contributed by atoms with E-state index in [1.807, 2.05) is 12.1 Å². The number of nitrogens with zero attached hydrogens (tertiary/aromatic N) is 2. The van der Waals surface area contributed by atoms with Crippen LogP contribution >= 0.6 is 0 Å². The van der Waals surface area contributed by atoms with E-state index in [2.05, 4.69) is 31.3 Å². The molecule has 0 saturated heterocycles. The van der Waals surface area contributed by atoms with E-state index in [9.17, 15) is 20.0 Å². The van der Waals surface area contributed by atoms with Gasteiger partial charge in [-0.05, 0) is 35.2 Å². The molecule has 0 saturated carbocycles. The number of benzene rings is 2. The summed E-state index contributed by atoms with van der Waals surface area (Å²) < 4.78 is 16.3. The van der Waals surface area contributed by atoms with Crippen molar-refractivity contribution in [1.29, 1.82) is 0 Å². The summed E-state index contributed by atoms with van der Waals surface area (Å²) in [6.45, 7) is 6.19. The minimum Gasteiger partial charge on any atom is -0.504 e. The standard InChI is InChI=1S/C21H23N3O7/c1-21(2,3)13-6-8-15-16(9-13)31-17(11-30-15)20(26)23-22-10-12-5-7-14(25)19(29-4)18(12)24(27)28/h5-10,17,25H,11H2,1-4H3,(H,23,26)/b22-10+/t17-/m0/s1. The molecule has 3 rings (SSSR count). The molecule has 0 aliphatic carbocycles. The summed E-state index contributed by atoms with van der Waals surface area (Å²) in [5.41, 5.74) is 2.80. The minimum atomic E-state index is -0.941. The topological polar surface area (TPSA) is 133 Å². The van der Waals surface area contributed by atoms with Crippen molar-refractivity contribution >= 4 is 17.8 Å². The number of carbonyl (C=O) groups excluding carboxylic acids is 1. The molecule has 1 atom stereocenters. The lowest BCUT2D eigenvalue weighted by Crippen LogP contribution is -2.42. The first kappa shape index (κ1) is 21.9. The third-order valence-corrected chi connectivity index (χ3v) is 4.67. The second kappa shape index (κ2) is 8.50. The van der Waals surface area contributed by atoms with E-state index in [1.54, 1.807) is 6.07 Å². The Morgan fingerprint density at radius 1 is 1.32 bits per heavy atom. The molecule has 1 aliphatic rings. The number of hydrogen-bond acceptors (Lipinski definition) is 8. The Hall–Kier alpha value is -3.82. The number of methoxy groups -OCH3 is 1. The Morgan fingerprint density at radius 2 is 2.06 bits per heavy atom. The van der Waals surface area contributed by atoms with Gasteiger partial charge < -0.3 is 19.3 Å². The van der Waals surface area contributed by atoms with Crippen LogP contribution in [0.5, 0.6) is 23.0 Å². The van der Waals surface area contributed by atoms with Crippen LogP contribution in [0.2, 0.25) is 0 Å². The number of phenols is 1. The van der Waals surface area contributed by atoms with Gasteiger partial charge in [0.15, 0.2) is 17.2 Å². The lowest BCUT2D eigenvalue weighted by atomic mass is 9.87. The fourth-order valence-corrected chi connectivity index (χ4v) is 2.97. The predicted molar refractivity (Wildman–Crippen MR) is 112 cm³/mol. The van der Waals surface area contributed by atoms with E-state index < -0.39 is 22.6 Å². The SMILES string of the molecule is COc1c(O)ccc(/C=N/NC(=O)[C@@H]2COc3ccc(C(C)(C)C)cc3O2)c1[N+](=O)[O-]. The van der Waals surface area contributed by atoms with Gasteiger partial charge in [-0.3, -0.25) is 14.9 Å². The molecule has 31 heavy (non-hydrogen) atoms. The van der Waals surface area contributed by atoms with Crippen molar-refractivity contribution in [3.8, 4) is 23.0 Å². The van der Waals surface area contributed by atoms with Crippen LogP contribution < -0.4 is 19.6 Å². The van der Waals surface area contributed by atoms with Crippen molar-refractivity contribution in [3.63, 3.8) is 0 Å². The van der Waals surface area contributed by atoms with Crippen molar-refractivity contribution in [1.82, 2.24) is 5.43 Å². The first-order valence-corrected chi connectivity index (χ1v) is 9.43. The Morgan fingerprint density at radius 3 is 2.71 bits per heavy atom. The van der Waals surface area contributed by atoms with Crippen LogP contribution in [0.25, 0.3) is 0 Å². The number of hydrazone groups is 1. The highest BCUT2D eigenvalue weighted by molar-refractivity contribution is 5.90. The Balaban J connectivity index is 1.73. The number of carbonyl (C=O) groups is 1. The molecule has 1 amide bonds. The Bertz CT molecular complexity index is 1040. The second-order valence-electron chi connectivity index (χ2n) is 7.88. The van der Waals surface area contributed by atoms with Crippen molar-refractivity contribution in [3.05, 3.63) is 51.6 Å². The molecule has 0 radical (unpaired) electrons. The van der Waals surface area contributed by atoms with Gasteiger partial charge >= 0.3 is 5.69 Å². The van der Waals surface area contributed by atoms with Crippen LogP contribution in [0.1, 0.15) is 31.9 Å². The molecule has 1 aliphatic heterocycles. The first-order valence-electron chi connectivity index (χ1n) is 9.43. The summed E-state index contributed by atoms with van der Waals surface area (Å²) in [6.07, 6.45) is 0.150. The molecule has 0 unspecified atom stereocenters. The van der Waals surface area contributed by atoms with Crippen LogP contribution in [-0.2, 0) is 10.2 Å². The average molecular weight is 429 g/mol. The lowest BCUT2D eigenvalue weighted by Gasteiger charge is -2.27. The summed E-state index contributed by atoms with van der Waals surface area (Å²) in [5.74, 6) is -0.238. The summed E-state index contributed by atoms with van der Waals surface area (Å²) in [7, 11) is 1.20. The quantitative estimate of drug-likeness (QED) is 0.424. The number of phenolic OH excluding ortho intramolecular Hbond substituents is 1. The second-order valence-corrected chi connectivity index (χ2v) is 7.88. The average Bonchev–Trinajstić information content (AvgIpc) is 2.72. The normalized spacial score (nSPS) is 15.5. The largest absolute Gasteiger partial charge is 0.504 e. The van der Waals surface area contributed by atoms with Crippen molar-refractivity contribution in [2.24, 2.45) is 5.10 Å². The number of ether oxygens (including phenoxy) is 3. The Labute approximate surface area is 178 Å². The molecule has 2 aromatic rings. The van der Waals surface area contributed by atoms with Gasteiger partial charge in [-0.2, -0.15) is 5.10 Å². The van der Waals surface area contributed by atoms with E-state index in [0.29, 0.717) is 11.5 Å². The third kappa shape index (κ3) is 4.68. The zero-order chi connectivity index (χ0) is 22.8. The van der Waals surface area contributed by atoms with Crippen molar-refractivity contribution in [2.45, 2.75) is 32.3 Å². The molecule has 1 heterocycles. The number of fused-ring (bicyclic) bond motifs is 1. The van der Waals surface area contributed by atoms with Gasteiger partial charge in [0.25, 0.3) is 5.91 Å². The van der Waals surface area contributed by atoms with Gasteiger partial charge in [-0.25, -0.2) is 5.43 Å². The van der Waals surface area contributed by atoms with E-state index in [-0.39, 0.29) is 29.1 Å². The monoisotopic (exact) mass is 429 g/mol. The molecular weight excluding hydrogens is 406 g/mol. The number of hydrogen-bond donors (Lipinski definition) is 2. The van der Waals surface area contributed by atoms with Crippen LogP contribution in [-0.4, -0.2) is 42.0 Å². The summed E-state index contributed by atoms with van der Waals surface area (Å²) in [6, 6.07) is 8.11. The summed E-state index contributed by atoms with van der Waals surface area (Å²) >= 11 is 0. The third-order valence-electron chi connectivity index (χ3n) is 4.67. The number of amides is 1. The van der Waals surface area contributed by atoms with Gasteiger partial charge in [0.1, 0.15) is 6.61 Å². The van der Waals surface area contributed by atoms with Crippen molar-refractivity contribution < 1.29 is 29.0 Å². The van der Waals surface area contributed by atoms with Gasteiger partial charge in [0, 0.05) is 0 Å². The van der Waals surface area contributed by atoms with E-state index in [0.717, 1.165) is 11.8 Å². The van der Waals surface area contributed by atoms with Gasteiger partial charge in [-0.15, -0.1) is 0 Å². The Kier molecular flexibility index (Phi) is 6.00. The zero-order valence-electron chi connectivity index (χ0n) is 17.5. The highest BCUT2D eigenvalue weighted by Crippen LogP contribution is 2.38. The smallest absolute Gasteiger partial charge is 0.323 e. The van der Waals surface area contributed by atoms with Gasteiger partial charge in [0.05, 0.1) is 23.8 Å². The minimum absolute atomic E-state index is 0.00357. The fraction of sp³-hybridized carbons (Fsp3) is 0.333. The number of nitro groups is 1. The molecule has 164 valence electrons. The molecule has 2 N–H and O–H groups in total. The van der Waals surface area contributed by atoms with Gasteiger partial charge in [0.2, 0.25) is 11.9 Å². The lowest BCUT2D eigenvalue weighted by molar-refractivity contribution is -0.386. The highest BCUT2D eigenvalue weighted by Gasteiger charge is 2.29. The number of aromatic hydroxyl groups is 1. The molecule has 0 spiro atoms. The van der Waals surface area contributed by atoms with Crippen LogP contribution in [0, 0.1) is 10.1 Å². The molecular formula is C21H23N3O7. The van der Waals surface area contributed by atoms with Gasteiger partial charge in [-0.1, -0.05) is 26.8 Å². The number of nitrogens with one attached hydrogen (secondary N) is 1. The molecule has 0 fully saturated rings. The molecule has 10 nitrogen and oxygen atoms in total. The van der Waals surface area contributed by atoms with Crippen LogP contribution in [0.3, 0.4) is 0 Å². The molecule has 0 aromatic heterocycles. The maximum atomic E-state index is 12.4. The molecule has 10 heteroatoms. The number of rotatable bonds is 5. The summed E-state index contributed by atoms with van der Waals surface area (Å²) in [5, 5.41) is 24.8. The van der Waals surface area contributed by atoms with E-state index in [1.165, 1.54) is 19.2 Å². The van der Waals surface area contributed by atoms with Crippen LogP contribution in [0.15, 0.2) is 35.4 Å². The summed E-state index contributed by atoms with van der Waals surface area (Å²) in [4.78, 5) is 23.1. The van der Waals surface area contributed by atoms with E-state index in [4.69, 9.17) is 14.2 Å². The predicted octanol–water partition coefficient (Wildman–Crippen LogP) is 2.90. The van der Waals surface area contributed by atoms with E-state index >= 15 is 0 Å². The maximum Gasteiger partial charge on any atom is 0.323 e. The molecule has 2 aromatic carbocycles. The zero-order valence-corrected chi connectivity index (χ0v) is 17.5. The number of nitro benzene ring substituents is 1. The van der Waals surface area contributed by atoms with Crippen molar-refractivity contribution in [2.75, 3.05) is 13.7 Å². The maximum absolute atomic E-state index is 12.4. The van der Waals surface area contributed by atoms with Crippen LogP contribution in [0.4, 0.5) is 5.69 Å². The first-order chi connectivity index (χ1) is 14.6.